The topological polar surface area (TPSA) is 182 Å². The van der Waals surface area contributed by atoms with E-state index in [2.05, 4.69) is 5.73 Å². The first kappa shape index (κ1) is 18.1. The van der Waals surface area contributed by atoms with Crippen molar-refractivity contribution < 1.29 is 40.2 Å². The van der Waals surface area contributed by atoms with Gasteiger partial charge < -0.3 is 36.4 Å². The molecule has 102 valence electrons. The van der Waals surface area contributed by atoms with Crippen molar-refractivity contribution in [3.05, 3.63) is 0 Å². The van der Waals surface area contributed by atoms with Crippen molar-refractivity contribution in [2.75, 3.05) is 6.61 Å². The molecule has 8 N–H and O–H groups in total. The molecule has 9 heteroatoms. The molecule has 0 aromatic heterocycles. The smallest absolute Gasteiger partial charge is 0.300 e. The van der Waals surface area contributed by atoms with Gasteiger partial charge in [0, 0.05) is 6.92 Å². The minimum absolute atomic E-state index is 0.802. The van der Waals surface area contributed by atoms with E-state index in [9.17, 15) is 4.79 Å². The number of hydrogen-bond acceptors (Lipinski definition) is 7. The molecule has 0 spiro atoms. The second kappa shape index (κ2) is 8.84. The highest BCUT2D eigenvalue weighted by molar-refractivity contribution is 5.79. The molecular weight excluding hydrogens is 238 g/mol. The predicted molar refractivity (Wildman–Crippen MR) is 53.6 cm³/mol. The lowest BCUT2D eigenvalue weighted by Gasteiger charge is -2.23. The normalized spacial score (nSPS) is 17.1. The molecule has 0 heterocycles. The molecule has 1 amide bonds. The second-order valence-electron chi connectivity index (χ2n) is 3.10. The summed E-state index contributed by atoms with van der Waals surface area (Å²) in [6.07, 6.45) is -7.35. The van der Waals surface area contributed by atoms with Crippen LogP contribution in [0.15, 0.2) is 0 Å². The van der Waals surface area contributed by atoms with E-state index in [1.807, 2.05) is 0 Å². The fraction of sp³-hybridized carbons (Fsp3) is 0.750. The Morgan fingerprint density at radius 2 is 1.47 bits per heavy atom. The van der Waals surface area contributed by atoms with Gasteiger partial charge in [0.25, 0.3) is 5.97 Å². The van der Waals surface area contributed by atoms with Crippen LogP contribution < -0.4 is 5.73 Å². The SMILES string of the molecule is CC(=O)O.NC(=O)[C@H](O)[C@@H](O)[C@H](O)[C@H](O)CO. The van der Waals surface area contributed by atoms with Crippen molar-refractivity contribution in [1.29, 1.82) is 0 Å². The van der Waals surface area contributed by atoms with Crippen LogP contribution in [0, 0.1) is 0 Å². The Morgan fingerprint density at radius 3 is 1.71 bits per heavy atom. The number of nitrogens with two attached hydrogens (primary N) is 1. The number of carbonyl (C=O) groups is 2. The first-order chi connectivity index (χ1) is 7.64. The number of carboxylic acids is 1. The van der Waals surface area contributed by atoms with Gasteiger partial charge in [-0.1, -0.05) is 0 Å². The summed E-state index contributed by atoms with van der Waals surface area (Å²) in [7, 11) is 0. The van der Waals surface area contributed by atoms with E-state index in [1.165, 1.54) is 0 Å². The summed E-state index contributed by atoms with van der Waals surface area (Å²) in [6.45, 7) is 0.281. The van der Waals surface area contributed by atoms with Crippen LogP contribution in [0.25, 0.3) is 0 Å². The van der Waals surface area contributed by atoms with Crippen LogP contribution in [0.3, 0.4) is 0 Å². The molecule has 9 nitrogen and oxygen atoms in total. The summed E-state index contributed by atoms with van der Waals surface area (Å²) in [6, 6.07) is 0. The standard InChI is InChI=1S/C6H13NO6.C2H4O2/c7-6(13)5(12)4(11)3(10)2(9)1-8;1-2(3)4/h2-5,8-12H,1H2,(H2,7,13);1H3,(H,3,4)/t2-,3-,4+,5-;/m1./s1. The molecular formula is C8H17NO8. The quantitative estimate of drug-likeness (QED) is 0.259. The summed E-state index contributed by atoms with van der Waals surface area (Å²) >= 11 is 0. The van der Waals surface area contributed by atoms with Crippen LogP contribution in [0.1, 0.15) is 6.92 Å². The van der Waals surface area contributed by atoms with E-state index < -0.39 is 42.9 Å². The predicted octanol–water partition coefficient (Wildman–Crippen LogP) is -4.00. The van der Waals surface area contributed by atoms with Gasteiger partial charge >= 0.3 is 0 Å². The zero-order valence-electron chi connectivity index (χ0n) is 9.09. The fourth-order valence-corrected chi connectivity index (χ4v) is 0.691. The number of aliphatic carboxylic acids is 1. The van der Waals surface area contributed by atoms with Crippen LogP contribution in [0.5, 0.6) is 0 Å². The molecule has 0 saturated carbocycles. The summed E-state index contributed by atoms with van der Waals surface area (Å²) < 4.78 is 0. The number of amides is 1. The third kappa shape index (κ3) is 8.54. The molecule has 0 bridgehead atoms. The second-order valence-corrected chi connectivity index (χ2v) is 3.10. The minimum atomic E-state index is -1.98. The number of primary amides is 1. The van der Waals surface area contributed by atoms with E-state index in [0.29, 0.717) is 0 Å². The third-order valence-electron chi connectivity index (χ3n) is 1.55. The van der Waals surface area contributed by atoms with Crippen LogP contribution >= 0.6 is 0 Å². The molecule has 0 aliphatic carbocycles. The number of aliphatic hydroxyl groups excluding tert-OH is 5. The van der Waals surface area contributed by atoms with E-state index in [4.69, 9.17) is 35.4 Å². The molecule has 4 atom stereocenters. The van der Waals surface area contributed by atoms with Gasteiger partial charge in [-0.15, -0.1) is 0 Å². The molecule has 0 saturated heterocycles. The van der Waals surface area contributed by atoms with Crippen molar-refractivity contribution >= 4 is 11.9 Å². The van der Waals surface area contributed by atoms with Gasteiger partial charge in [-0.2, -0.15) is 0 Å². The number of aliphatic hydroxyl groups is 5. The summed E-state index contributed by atoms with van der Waals surface area (Å²) in [4.78, 5) is 19.3. The third-order valence-corrected chi connectivity index (χ3v) is 1.55. The molecule has 0 radical (unpaired) electrons. The molecule has 0 rings (SSSR count). The highest BCUT2D eigenvalue weighted by atomic mass is 16.4. The minimum Gasteiger partial charge on any atom is -0.481 e. The Balaban J connectivity index is 0. The van der Waals surface area contributed by atoms with Gasteiger partial charge in [0.05, 0.1) is 6.61 Å². The summed E-state index contributed by atoms with van der Waals surface area (Å²) in [5, 5.41) is 51.4. The fourth-order valence-electron chi connectivity index (χ4n) is 0.691. The lowest BCUT2D eigenvalue weighted by Crippen LogP contribution is -2.50. The number of carbonyl (C=O) groups excluding carboxylic acids is 1. The Morgan fingerprint density at radius 1 is 1.12 bits per heavy atom. The van der Waals surface area contributed by atoms with Crippen molar-refractivity contribution in [2.45, 2.75) is 31.3 Å². The number of carboxylic acid groups (broad SMARTS) is 1. The lowest BCUT2D eigenvalue weighted by atomic mass is 10.0. The van der Waals surface area contributed by atoms with E-state index in [-0.39, 0.29) is 0 Å². The molecule has 17 heavy (non-hydrogen) atoms. The van der Waals surface area contributed by atoms with Crippen LogP contribution in [0.4, 0.5) is 0 Å². The van der Waals surface area contributed by atoms with E-state index in [0.717, 1.165) is 6.92 Å². The Kier molecular flexibility index (Phi) is 9.42. The maximum atomic E-state index is 10.3. The maximum absolute atomic E-state index is 10.3. The van der Waals surface area contributed by atoms with Crippen LogP contribution in [-0.2, 0) is 9.59 Å². The molecule has 0 unspecified atom stereocenters. The van der Waals surface area contributed by atoms with Crippen molar-refractivity contribution in [3.8, 4) is 0 Å². The first-order valence-electron chi connectivity index (χ1n) is 4.47. The highest BCUT2D eigenvalue weighted by Crippen LogP contribution is 2.04. The highest BCUT2D eigenvalue weighted by Gasteiger charge is 2.32. The Hall–Kier alpha value is -1.26. The van der Waals surface area contributed by atoms with Crippen molar-refractivity contribution in [2.24, 2.45) is 5.73 Å². The van der Waals surface area contributed by atoms with Gasteiger partial charge in [-0.05, 0) is 0 Å². The molecule has 0 aromatic rings. The molecule has 0 aromatic carbocycles. The largest absolute Gasteiger partial charge is 0.481 e. The summed E-state index contributed by atoms with van der Waals surface area (Å²) in [5.41, 5.74) is 4.61. The maximum Gasteiger partial charge on any atom is 0.300 e. The van der Waals surface area contributed by atoms with Crippen molar-refractivity contribution in [3.63, 3.8) is 0 Å². The Bertz CT molecular complexity index is 242. The number of rotatable bonds is 5. The first-order valence-corrected chi connectivity index (χ1v) is 4.47. The molecule has 0 aliphatic heterocycles. The molecule has 0 aliphatic rings. The van der Waals surface area contributed by atoms with Gasteiger partial charge in [0.1, 0.15) is 18.3 Å². The zero-order chi connectivity index (χ0) is 14.2. The van der Waals surface area contributed by atoms with Crippen molar-refractivity contribution in [1.82, 2.24) is 0 Å². The lowest BCUT2D eigenvalue weighted by molar-refractivity contribution is -0.146. The van der Waals surface area contributed by atoms with E-state index >= 15 is 0 Å². The van der Waals surface area contributed by atoms with E-state index in [1.54, 1.807) is 0 Å². The zero-order valence-corrected chi connectivity index (χ0v) is 9.09. The monoisotopic (exact) mass is 255 g/mol. The molecule has 0 fully saturated rings. The average molecular weight is 255 g/mol. The van der Waals surface area contributed by atoms with Gasteiger partial charge in [-0.25, -0.2) is 0 Å². The Labute approximate surface area is 96.7 Å². The number of hydrogen-bond donors (Lipinski definition) is 7. The summed E-state index contributed by atoms with van der Waals surface area (Å²) in [5.74, 6) is -2.06. The van der Waals surface area contributed by atoms with Crippen LogP contribution in [-0.4, -0.2) is 73.5 Å². The van der Waals surface area contributed by atoms with Gasteiger partial charge in [-0.3, -0.25) is 9.59 Å². The van der Waals surface area contributed by atoms with Gasteiger partial charge in [0.15, 0.2) is 6.10 Å². The van der Waals surface area contributed by atoms with Crippen LogP contribution in [0.2, 0.25) is 0 Å². The van der Waals surface area contributed by atoms with Gasteiger partial charge in [0.2, 0.25) is 5.91 Å². The average Bonchev–Trinajstić information content (AvgIpc) is 2.23.